The van der Waals surface area contributed by atoms with Gasteiger partial charge in [-0.05, 0) is 46.0 Å². The van der Waals surface area contributed by atoms with Crippen molar-refractivity contribution < 1.29 is 27.5 Å². The van der Waals surface area contributed by atoms with E-state index in [0.29, 0.717) is 25.8 Å². The number of fused-ring (bicyclic) bond motifs is 2. The van der Waals surface area contributed by atoms with Gasteiger partial charge in [0.05, 0.1) is 23.8 Å². The monoisotopic (exact) mass is 443 g/mol. The highest BCUT2D eigenvalue weighted by atomic mass is 32.2. The van der Waals surface area contributed by atoms with Crippen LogP contribution in [0.4, 0.5) is 4.79 Å². The van der Waals surface area contributed by atoms with Crippen molar-refractivity contribution in [1.29, 1.82) is 0 Å². The molecule has 3 rings (SSSR count). The van der Waals surface area contributed by atoms with Gasteiger partial charge in [-0.3, -0.25) is 9.59 Å². The van der Waals surface area contributed by atoms with Crippen molar-refractivity contribution in [2.45, 2.75) is 84.0 Å². The molecule has 9 nitrogen and oxygen atoms in total. The lowest BCUT2D eigenvalue weighted by atomic mass is 9.64. The summed E-state index contributed by atoms with van der Waals surface area (Å²) in [5.41, 5.74) is -1.52. The molecule has 0 unspecified atom stereocenters. The fourth-order valence-electron chi connectivity index (χ4n) is 5.02. The van der Waals surface area contributed by atoms with Crippen molar-refractivity contribution in [1.82, 2.24) is 14.5 Å². The molecule has 3 fully saturated rings. The van der Waals surface area contributed by atoms with Crippen molar-refractivity contribution in [3.05, 3.63) is 0 Å². The molecule has 30 heavy (non-hydrogen) atoms. The summed E-state index contributed by atoms with van der Waals surface area (Å²) in [6, 6.07) is -1.84. The Morgan fingerprint density at radius 2 is 1.83 bits per heavy atom. The number of hydrogen-bond acceptors (Lipinski definition) is 6. The molecule has 1 saturated carbocycles. The molecule has 0 aromatic heterocycles. The Hall–Kier alpha value is -1.84. The molecule has 3 aliphatic rings. The Bertz CT molecular complexity index is 843. The lowest BCUT2D eigenvalue weighted by Gasteiger charge is -2.44. The molecular formula is C20H33N3O6S. The van der Waals surface area contributed by atoms with Crippen LogP contribution in [-0.4, -0.2) is 72.1 Å². The number of carbonyl (C=O) groups excluding carboxylic acids is 3. The zero-order chi connectivity index (χ0) is 22.6. The van der Waals surface area contributed by atoms with E-state index in [-0.39, 0.29) is 17.7 Å². The SMILES string of the molecule is CC(C)[C@H](NC(=O)OC(C)(C)C)C(=O)N1CC[C@H]2[C@H]1C1(CCC1)C(=O)N2S(C)(=O)=O. The van der Waals surface area contributed by atoms with E-state index < -0.39 is 45.3 Å². The molecule has 2 heterocycles. The van der Waals surface area contributed by atoms with Gasteiger partial charge in [-0.25, -0.2) is 17.5 Å². The average Bonchev–Trinajstić information content (AvgIpc) is 3.03. The number of ether oxygens (including phenoxy) is 1. The normalized spacial score (nSPS) is 26.6. The number of amides is 3. The van der Waals surface area contributed by atoms with E-state index in [2.05, 4.69) is 5.32 Å². The van der Waals surface area contributed by atoms with E-state index in [1.165, 1.54) is 0 Å². The van der Waals surface area contributed by atoms with Gasteiger partial charge in [0.1, 0.15) is 11.6 Å². The van der Waals surface area contributed by atoms with Crippen LogP contribution in [0.2, 0.25) is 0 Å². The lowest BCUT2D eigenvalue weighted by Crippen LogP contribution is -2.58. The first-order chi connectivity index (χ1) is 13.7. The summed E-state index contributed by atoms with van der Waals surface area (Å²) in [6.07, 6.45) is 2.77. The van der Waals surface area contributed by atoms with Crippen LogP contribution in [0.1, 0.15) is 60.3 Å². The number of sulfonamides is 1. The second-order valence-corrected chi connectivity index (χ2v) is 11.9. The molecule has 1 spiro atoms. The molecule has 0 aromatic rings. The van der Waals surface area contributed by atoms with Crippen LogP contribution in [0.5, 0.6) is 0 Å². The summed E-state index contributed by atoms with van der Waals surface area (Å²) < 4.78 is 31.0. The van der Waals surface area contributed by atoms with Crippen molar-refractivity contribution in [3.8, 4) is 0 Å². The first-order valence-corrected chi connectivity index (χ1v) is 12.4. The van der Waals surface area contributed by atoms with Gasteiger partial charge in [-0.15, -0.1) is 0 Å². The number of likely N-dealkylation sites (tertiary alicyclic amines) is 1. The molecule has 170 valence electrons. The number of nitrogens with one attached hydrogen (secondary N) is 1. The molecule has 2 saturated heterocycles. The predicted octanol–water partition coefficient (Wildman–Crippen LogP) is 1.48. The molecule has 0 aromatic carbocycles. The fraction of sp³-hybridized carbons (Fsp3) is 0.850. The van der Waals surface area contributed by atoms with Gasteiger partial charge in [-0.1, -0.05) is 20.3 Å². The lowest BCUT2D eigenvalue weighted by molar-refractivity contribution is -0.144. The highest BCUT2D eigenvalue weighted by Gasteiger charge is 2.68. The Morgan fingerprint density at radius 3 is 2.27 bits per heavy atom. The van der Waals surface area contributed by atoms with Gasteiger partial charge in [0.2, 0.25) is 21.8 Å². The molecule has 1 aliphatic carbocycles. The Kier molecular flexibility index (Phi) is 5.62. The van der Waals surface area contributed by atoms with E-state index in [1.54, 1.807) is 25.7 Å². The van der Waals surface area contributed by atoms with E-state index >= 15 is 0 Å². The van der Waals surface area contributed by atoms with Crippen LogP contribution in [0.25, 0.3) is 0 Å². The summed E-state index contributed by atoms with van der Waals surface area (Å²) in [5.74, 6) is -0.882. The highest BCUT2D eigenvalue weighted by molar-refractivity contribution is 7.88. The second kappa shape index (κ2) is 7.39. The zero-order valence-corrected chi connectivity index (χ0v) is 19.4. The Labute approximate surface area is 178 Å². The maximum atomic E-state index is 13.5. The third kappa shape index (κ3) is 3.78. The average molecular weight is 444 g/mol. The third-order valence-corrected chi connectivity index (χ3v) is 7.50. The van der Waals surface area contributed by atoms with Crippen molar-refractivity contribution in [3.63, 3.8) is 0 Å². The van der Waals surface area contributed by atoms with Crippen LogP contribution in [0.15, 0.2) is 0 Å². The number of carbonyl (C=O) groups is 3. The predicted molar refractivity (Wildman–Crippen MR) is 110 cm³/mol. The third-order valence-electron chi connectivity index (χ3n) is 6.35. The summed E-state index contributed by atoms with van der Waals surface area (Å²) >= 11 is 0. The molecule has 3 atom stereocenters. The first-order valence-electron chi connectivity index (χ1n) is 10.5. The van der Waals surface area contributed by atoms with Gasteiger partial charge in [0, 0.05) is 6.54 Å². The summed E-state index contributed by atoms with van der Waals surface area (Å²) in [6.45, 7) is 9.25. The zero-order valence-electron chi connectivity index (χ0n) is 18.6. The van der Waals surface area contributed by atoms with Crippen LogP contribution < -0.4 is 5.32 Å². The minimum Gasteiger partial charge on any atom is -0.444 e. The fourth-order valence-corrected chi connectivity index (χ4v) is 6.22. The molecule has 0 bridgehead atoms. The highest BCUT2D eigenvalue weighted by Crippen LogP contribution is 2.56. The van der Waals surface area contributed by atoms with Gasteiger partial charge >= 0.3 is 6.09 Å². The minimum atomic E-state index is -3.72. The van der Waals surface area contributed by atoms with Crippen LogP contribution in [-0.2, 0) is 24.3 Å². The molecule has 1 N–H and O–H groups in total. The Balaban J connectivity index is 1.87. The number of alkyl carbamates (subject to hydrolysis) is 1. The number of hydrogen-bond donors (Lipinski definition) is 1. The standard InChI is InChI=1S/C20H33N3O6S/c1-12(2)14(21-18(26)29-19(3,4)5)16(24)22-11-8-13-15(22)20(9-7-10-20)17(25)23(13)30(6,27)28/h12-15H,7-11H2,1-6H3,(H,21,26)/t13-,14-,15-/m0/s1. The number of rotatable bonds is 4. The van der Waals surface area contributed by atoms with E-state index in [4.69, 9.17) is 4.74 Å². The van der Waals surface area contributed by atoms with Gasteiger partial charge in [-0.2, -0.15) is 0 Å². The van der Waals surface area contributed by atoms with E-state index in [9.17, 15) is 22.8 Å². The summed E-state index contributed by atoms with van der Waals surface area (Å²) in [5, 5.41) is 2.68. The van der Waals surface area contributed by atoms with Crippen LogP contribution >= 0.6 is 0 Å². The topological polar surface area (TPSA) is 113 Å². The van der Waals surface area contributed by atoms with Crippen LogP contribution in [0.3, 0.4) is 0 Å². The maximum absolute atomic E-state index is 13.5. The summed E-state index contributed by atoms with van der Waals surface area (Å²) in [4.78, 5) is 40.5. The van der Waals surface area contributed by atoms with E-state index in [1.807, 2.05) is 13.8 Å². The molecule has 10 heteroatoms. The van der Waals surface area contributed by atoms with Gasteiger partial charge in [0.25, 0.3) is 0 Å². The molecule has 0 radical (unpaired) electrons. The quantitative estimate of drug-likeness (QED) is 0.704. The van der Waals surface area contributed by atoms with Crippen molar-refractivity contribution in [2.24, 2.45) is 11.3 Å². The smallest absolute Gasteiger partial charge is 0.408 e. The van der Waals surface area contributed by atoms with Crippen molar-refractivity contribution in [2.75, 3.05) is 12.8 Å². The first kappa shape index (κ1) is 22.8. The second-order valence-electron chi connectivity index (χ2n) is 10.1. The number of nitrogens with zero attached hydrogens (tertiary/aromatic N) is 2. The Morgan fingerprint density at radius 1 is 1.23 bits per heavy atom. The molecule has 3 amide bonds. The molecular weight excluding hydrogens is 410 g/mol. The maximum Gasteiger partial charge on any atom is 0.408 e. The van der Waals surface area contributed by atoms with Gasteiger partial charge in [0.15, 0.2) is 0 Å². The van der Waals surface area contributed by atoms with Crippen LogP contribution in [0, 0.1) is 11.3 Å². The molecule has 2 aliphatic heterocycles. The van der Waals surface area contributed by atoms with E-state index in [0.717, 1.165) is 17.0 Å². The van der Waals surface area contributed by atoms with Gasteiger partial charge < -0.3 is 15.0 Å². The minimum absolute atomic E-state index is 0.204. The largest absolute Gasteiger partial charge is 0.444 e. The van der Waals surface area contributed by atoms with Crippen molar-refractivity contribution >= 4 is 27.9 Å². The summed E-state index contributed by atoms with van der Waals surface area (Å²) in [7, 11) is -3.72.